The van der Waals surface area contributed by atoms with E-state index in [0.717, 1.165) is 61.5 Å². The molecule has 0 aromatic heterocycles. The van der Waals surface area contributed by atoms with Gasteiger partial charge in [0.25, 0.3) is 5.91 Å². The average Bonchev–Trinajstić information content (AvgIpc) is 3.33. The van der Waals surface area contributed by atoms with E-state index >= 15 is 0 Å². The SMILES string of the molecule is CCCCOc1ccc2c(c1)CCN(c1ccc(OCCN3CCCC3)c(OC)c1)C2=O. The lowest BCUT2D eigenvalue weighted by Gasteiger charge is -2.29. The summed E-state index contributed by atoms with van der Waals surface area (Å²) in [5.74, 6) is 2.23. The van der Waals surface area contributed by atoms with E-state index in [1.807, 2.05) is 41.3 Å². The van der Waals surface area contributed by atoms with Gasteiger partial charge in [-0.1, -0.05) is 13.3 Å². The highest BCUT2D eigenvalue weighted by Gasteiger charge is 2.26. The van der Waals surface area contributed by atoms with Gasteiger partial charge in [0, 0.05) is 30.4 Å². The fraction of sp³-hybridized carbons (Fsp3) is 0.500. The molecule has 6 nitrogen and oxygen atoms in total. The van der Waals surface area contributed by atoms with Crippen molar-refractivity contribution >= 4 is 11.6 Å². The van der Waals surface area contributed by atoms with Gasteiger partial charge in [-0.2, -0.15) is 0 Å². The topological polar surface area (TPSA) is 51.2 Å². The number of rotatable bonds is 10. The lowest BCUT2D eigenvalue weighted by molar-refractivity contribution is 0.0980. The number of unbranched alkanes of at least 4 members (excludes halogenated alkanes) is 1. The third-order valence-corrected chi connectivity index (χ3v) is 6.25. The highest BCUT2D eigenvalue weighted by Crippen LogP contribution is 2.34. The molecule has 32 heavy (non-hydrogen) atoms. The Bertz CT molecular complexity index is 924. The zero-order valence-corrected chi connectivity index (χ0v) is 19.3. The van der Waals surface area contributed by atoms with E-state index in [4.69, 9.17) is 14.2 Å². The molecule has 0 N–H and O–H groups in total. The van der Waals surface area contributed by atoms with Crippen molar-refractivity contribution < 1.29 is 19.0 Å². The Morgan fingerprint density at radius 3 is 2.56 bits per heavy atom. The van der Waals surface area contributed by atoms with Crippen LogP contribution in [0.15, 0.2) is 36.4 Å². The Morgan fingerprint density at radius 2 is 1.78 bits per heavy atom. The van der Waals surface area contributed by atoms with Gasteiger partial charge in [-0.25, -0.2) is 0 Å². The quantitative estimate of drug-likeness (QED) is 0.510. The maximum Gasteiger partial charge on any atom is 0.258 e. The summed E-state index contributed by atoms with van der Waals surface area (Å²) in [6.07, 6.45) is 5.48. The molecule has 0 spiro atoms. The molecule has 4 rings (SSSR count). The fourth-order valence-electron chi connectivity index (χ4n) is 4.37. The van der Waals surface area contributed by atoms with Crippen LogP contribution >= 0.6 is 0 Å². The van der Waals surface area contributed by atoms with E-state index < -0.39 is 0 Å². The normalized spacial score (nSPS) is 16.2. The number of likely N-dealkylation sites (tertiary alicyclic amines) is 1. The molecule has 2 aliphatic heterocycles. The van der Waals surface area contributed by atoms with Crippen molar-refractivity contribution in [3.63, 3.8) is 0 Å². The van der Waals surface area contributed by atoms with E-state index in [1.54, 1.807) is 7.11 Å². The highest BCUT2D eigenvalue weighted by atomic mass is 16.5. The Balaban J connectivity index is 1.42. The molecule has 0 unspecified atom stereocenters. The van der Waals surface area contributed by atoms with E-state index in [2.05, 4.69) is 11.8 Å². The van der Waals surface area contributed by atoms with Gasteiger partial charge in [0.2, 0.25) is 0 Å². The summed E-state index contributed by atoms with van der Waals surface area (Å²) in [6, 6.07) is 11.5. The van der Waals surface area contributed by atoms with Crippen molar-refractivity contribution in [2.24, 2.45) is 0 Å². The van der Waals surface area contributed by atoms with Crippen molar-refractivity contribution in [1.82, 2.24) is 4.90 Å². The first-order chi connectivity index (χ1) is 15.7. The zero-order valence-electron chi connectivity index (χ0n) is 19.3. The number of hydrogen-bond acceptors (Lipinski definition) is 5. The first-order valence-corrected chi connectivity index (χ1v) is 11.8. The summed E-state index contributed by atoms with van der Waals surface area (Å²) in [6.45, 7) is 7.36. The summed E-state index contributed by atoms with van der Waals surface area (Å²) in [5.41, 5.74) is 2.62. The van der Waals surface area contributed by atoms with Crippen molar-refractivity contribution in [1.29, 1.82) is 0 Å². The number of nitrogens with zero attached hydrogens (tertiary/aromatic N) is 2. The number of fused-ring (bicyclic) bond motifs is 1. The van der Waals surface area contributed by atoms with E-state index in [9.17, 15) is 4.79 Å². The Labute approximate surface area is 191 Å². The average molecular weight is 439 g/mol. The predicted octanol–water partition coefficient (Wildman–Crippen LogP) is 4.55. The minimum Gasteiger partial charge on any atom is -0.494 e. The molecule has 2 aliphatic rings. The van der Waals surface area contributed by atoms with Crippen molar-refractivity contribution in [2.45, 2.75) is 39.0 Å². The third kappa shape index (κ3) is 5.18. The molecule has 0 bridgehead atoms. The van der Waals surface area contributed by atoms with Crippen LogP contribution < -0.4 is 19.1 Å². The Hall–Kier alpha value is -2.73. The molecule has 1 amide bonds. The first-order valence-electron chi connectivity index (χ1n) is 11.8. The van der Waals surface area contributed by atoms with E-state index in [-0.39, 0.29) is 5.91 Å². The van der Waals surface area contributed by atoms with Gasteiger partial charge < -0.3 is 19.1 Å². The van der Waals surface area contributed by atoms with E-state index in [0.29, 0.717) is 31.3 Å². The molecule has 172 valence electrons. The van der Waals surface area contributed by atoms with Gasteiger partial charge in [-0.05, 0) is 74.7 Å². The van der Waals surface area contributed by atoms with Crippen molar-refractivity contribution in [3.8, 4) is 17.2 Å². The van der Waals surface area contributed by atoms with Gasteiger partial charge in [-0.3, -0.25) is 9.69 Å². The number of carbonyl (C=O) groups excluding carboxylic acids is 1. The van der Waals surface area contributed by atoms with Crippen LogP contribution in [-0.4, -0.2) is 57.3 Å². The third-order valence-electron chi connectivity index (χ3n) is 6.25. The number of benzene rings is 2. The minimum atomic E-state index is 0.0103. The Kier molecular flexibility index (Phi) is 7.53. The summed E-state index contributed by atoms with van der Waals surface area (Å²) < 4.78 is 17.4. The largest absolute Gasteiger partial charge is 0.494 e. The van der Waals surface area contributed by atoms with Crippen LogP contribution in [0.3, 0.4) is 0 Å². The number of hydrogen-bond donors (Lipinski definition) is 0. The van der Waals surface area contributed by atoms with Crippen LogP contribution in [0, 0.1) is 0 Å². The number of anilines is 1. The summed E-state index contributed by atoms with van der Waals surface area (Å²) in [7, 11) is 1.64. The summed E-state index contributed by atoms with van der Waals surface area (Å²) in [5, 5.41) is 0. The molecule has 0 atom stereocenters. The molecule has 1 saturated heterocycles. The van der Waals surface area contributed by atoms with Gasteiger partial charge in [0.1, 0.15) is 12.4 Å². The molecule has 2 heterocycles. The van der Waals surface area contributed by atoms with Crippen molar-refractivity contribution in [3.05, 3.63) is 47.5 Å². The number of carbonyl (C=O) groups is 1. The molecule has 0 saturated carbocycles. The molecule has 6 heteroatoms. The predicted molar refractivity (Wildman–Crippen MR) is 126 cm³/mol. The van der Waals surface area contributed by atoms with Crippen LogP contribution in [0.1, 0.15) is 48.5 Å². The van der Waals surface area contributed by atoms with Gasteiger partial charge in [0.15, 0.2) is 11.5 Å². The smallest absolute Gasteiger partial charge is 0.258 e. The van der Waals surface area contributed by atoms with Crippen LogP contribution in [0.25, 0.3) is 0 Å². The van der Waals surface area contributed by atoms with Crippen LogP contribution in [-0.2, 0) is 6.42 Å². The second-order valence-corrected chi connectivity index (χ2v) is 8.46. The molecule has 0 aliphatic carbocycles. The minimum absolute atomic E-state index is 0.0103. The second kappa shape index (κ2) is 10.7. The van der Waals surface area contributed by atoms with Crippen LogP contribution in [0.5, 0.6) is 17.2 Å². The zero-order chi connectivity index (χ0) is 22.3. The summed E-state index contributed by atoms with van der Waals surface area (Å²) >= 11 is 0. The highest BCUT2D eigenvalue weighted by molar-refractivity contribution is 6.08. The van der Waals surface area contributed by atoms with Gasteiger partial charge in [-0.15, -0.1) is 0 Å². The first kappa shape index (κ1) is 22.5. The molecule has 2 aromatic rings. The lowest BCUT2D eigenvalue weighted by atomic mass is 9.98. The van der Waals surface area contributed by atoms with Gasteiger partial charge in [0.05, 0.1) is 13.7 Å². The molecular weight excluding hydrogens is 404 g/mol. The van der Waals surface area contributed by atoms with E-state index in [1.165, 1.54) is 12.8 Å². The summed E-state index contributed by atoms with van der Waals surface area (Å²) in [4.78, 5) is 17.4. The molecule has 1 fully saturated rings. The van der Waals surface area contributed by atoms with Crippen LogP contribution in [0.4, 0.5) is 5.69 Å². The Morgan fingerprint density at radius 1 is 0.938 bits per heavy atom. The lowest BCUT2D eigenvalue weighted by Crippen LogP contribution is -2.37. The molecule has 0 radical (unpaired) electrons. The monoisotopic (exact) mass is 438 g/mol. The maximum atomic E-state index is 13.2. The molecule has 2 aromatic carbocycles. The standard InChI is InChI=1S/C26H34N2O4/c1-3-4-16-31-22-8-9-23-20(18-22)11-14-28(26(23)29)21-7-10-24(25(19-21)30-2)32-17-15-27-12-5-6-13-27/h7-10,18-19H,3-6,11-17H2,1-2H3. The number of amides is 1. The van der Waals surface area contributed by atoms with Crippen molar-refractivity contribution in [2.75, 3.05) is 51.4 Å². The van der Waals surface area contributed by atoms with Crippen LogP contribution in [0.2, 0.25) is 0 Å². The second-order valence-electron chi connectivity index (χ2n) is 8.46. The molecular formula is C26H34N2O4. The van der Waals surface area contributed by atoms with Gasteiger partial charge >= 0.3 is 0 Å². The number of methoxy groups -OCH3 is 1. The fourth-order valence-corrected chi connectivity index (χ4v) is 4.37. The number of ether oxygens (including phenoxy) is 3. The maximum absolute atomic E-state index is 13.2.